The van der Waals surface area contributed by atoms with E-state index in [2.05, 4.69) is 11.9 Å². The van der Waals surface area contributed by atoms with Crippen LogP contribution in [0.25, 0.3) is 0 Å². The number of hydrogen-bond donors (Lipinski definition) is 3. The average Bonchev–Trinajstić information content (AvgIpc) is 2.08. The summed E-state index contributed by atoms with van der Waals surface area (Å²) in [5.74, 6) is -2.56. The van der Waals surface area contributed by atoms with Crippen molar-refractivity contribution in [1.29, 1.82) is 0 Å². The molecule has 0 aromatic heterocycles. The highest BCUT2D eigenvalue weighted by Gasteiger charge is 2.32. The molecule has 1 amide bonds. The van der Waals surface area contributed by atoms with Gasteiger partial charge < -0.3 is 10.4 Å². The number of aliphatic carboxylic acids is 1. The van der Waals surface area contributed by atoms with Gasteiger partial charge in [-0.3, -0.25) is 14.1 Å². The van der Waals surface area contributed by atoms with Crippen LogP contribution in [0.1, 0.15) is 6.42 Å². The fraction of sp³-hybridized carbons (Fsp3) is 0.429. The van der Waals surface area contributed by atoms with Gasteiger partial charge in [0, 0.05) is 6.54 Å². The number of amides is 1. The van der Waals surface area contributed by atoms with Crippen LogP contribution >= 0.6 is 0 Å². The van der Waals surface area contributed by atoms with Gasteiger partial charge in [-0.25, -0.2) is 0 Å². The molecule has 8 heteroatoms. The van der Waals surface area contributed by atoms with E-state index in [0.717, 1.165) is 0 Å². The molecule has 0 fully saturated rings. The maximum absolute atomic E-state index is 11.0. The van der Waals surface area contributed by atoms with Crippen LogP contribution in [0.15, 0.2) is 12.7 Å². The van der Waals surface area contributed by atoms with E-state index >= 15 is 0 Å². The highest BCUT2D eigenvalue weighted by Crippen LogP contribution is 2.04. The smallest absolute Gasteiger partial charge is 0.324 e. The largest absolute Gasteiger partial charge is 0.480 e. The molecule has 0 aliphatic carbocycles. The Hall–Kier alpha value is -1.41. The van der Waals surface area contributed by atoms with Gasteiger partial charge >= 0.3 is 5.97 Å². The minimum absolute atomic E-state index is 0.0939. The van der Waals surface area contributed by atoms with E-state index in [0.29, 0.717) is 0 Å². The fourth-order valence-corrected chi connectivity index (χ4v) is 1.36. The van der Waals surface area contributed by atoms with E-state index in [1.807, 2.05) is 0 Å². The van der Waals surface area contributed by atoms with Crippen LogP contribution in [0.5, 0.6) is 0 Å². The first-order chi connectivity index (χ1) is 6.79. The second-order valence-corrected chi connectivity index (χ2v) is 4.24. The maximum Gasteiger partial charge on any atom is 0.324 e. The quantitative estimate of drug-likeness (QED) is 0.403. The van der Waals surface area contributed by atoms with Gasteiger partial charge in [0.05, 0.1) is 6.42 Å². The molecular formula is C7H11NO6S. The molecule has 3 N–H and O–H groups in total. The molecule has 0 rings (SSSR count). The van der Waals surface area contributed by atoms with Crippen LogP contribution in [0.2, 0.25) is 0 Å². The number of carbonyl (C=O) groups excluding carboxylic acids is 1. The molecule has 1 atom stereocenters. The van der Waals surface area contributed by atoms with Crippen molar-refractivity contribution in [2.24, 2.45) is 0 Å². The molecule has 0 saturated heterocycles. The Morgan fingerprint density at radius 2 is 2.00 bits per heavy atom. The summed E-state index contributed by atoms with van der Waals surface area (Å²) in [6.45, 7) is 3.39. The van der Waals surface area contributed by atoms with Crippen LogP contribution in [0.3, 0.4) is 0 Å². The third-order valence-corrected chi connectivity index (χ3v) is 2.54. The molecule has 0 heterocycles. The molecule has 0 bridgehead atoms. The number of nitrogens with one attached hydrogen (secondary N) is 1. The van der Waals surface area contributed by atoms with E-state index in [1.165, 1.54) is 6.08 Å². The Morgan fingerprint density at radius 3 is 2.33 bits per heavy atom. The lowest BCUT2D eigenvalue weighted by atomic mass is 10.3. The molecule has 0 aromatic carbocycles. The highest BCUT2D eigenvalue weighted by molar-refractivity contribution is 7.87. The number of carbonyl (C=O) groups is 2. The molecule has 0 aliphatic heterocycles. The van der Waals surface area contributed by atoms with Crippen molar-refractivity contribution in [3.05, 3.63) is 12.7 Å². The maximum atomic E-state index is 11.0. The summed E-state index contributed by atoms with van der Waals surface area (Å²) in [6, 6.07) is 0. The average molecular weight is 237 g/mol. The number of rotatable bonds is 6. The van der Waals surface area contributed by atoms with Crippen LogP contribution in [-0.2, 0) is 19.7 Å². The lowest BCUT2D eigenvalue weighted by Gasteiger charge is -2.08. The standard InChI is InChI=1S/C7H11NO6S/c1-2-3-8-6(9)4-5(7(10)11)15(12,13)14/h2,5H,1,3-4H2,(H,8,9)(H,10,11)(H,12,13,14). The van der Waals surface area contributed by atoms with E-state index in [9.17, 15) is 18.0 Å². The van der Waals surface area contributed by atoms with Gasteiger partial charge in [0.25, 0.3) is 10.1 Å². The Labute approximate surface area is 86.5 Å². The third kappa shape index (κ3) is 5.13. The van der Waals surface area contributed by atoms with E-state index in [-0.39, 0.29) is 6.54 Å². The first kappa shape index (κ1) is 13.6. The number of carboxylic acids is 1. The fourth-order valence-electron chi connectivity index (χ4n) is 0.747. The topological polar surface area (TPSA) is 121 Å². The van der Waals surface area contributed by atoms with E-state index < -0.39 is 33.7 Å². The van der Waals surface area contributed by atoms with Crippen molar-refractivity contribution in [1.82, 2.24) is 5.32 Å². The normalized spacial score (nSPS) is 12.9. The van der Waals surface area contributed by atoms with Crippen molar-refractivity contribution in [3.8, 4) is 0 Å². The van der Waals surface area contributed by atoms with Crippen molar-refractivity contribution >= 4 is 22.0 Å². The molecule has 0 aliphatic rings. The molecule has 86 valence electrons. The minimum Gasteiger partial charge on any atom is -0.480 e. The van der Waals surface area contributed by atoms with Gasteiger partial charge in [0.15, 0.2) is 5.25 Å². The second-order valence-electron chi connectivity index (χ2n) is 2.64. The Morgan fingerprint density at radius 1 is 1.47 bits per heavy atom. The van der Waals surface area contributed by atoms with Crippen LogP contribution < -0.4 is 5.32 Å². The first-order valence-electron chi connectivity index (χ1n) is 3.85. The predicted molar refractivity (Wildman–Crippen MR) is 50.8 cm³/mol. The molecule has 7 nitrogen and oxygen atoms in total. The summed E-state index contributed by atoms with van der Waals surface area (Å²) in [5.41, 5.74) is 0. The van der Waals surface area contributed by atoms with Crippen LogP contribution in [-0.4, -0.2) is 41.7 Å². The molecular weight excluding hydrogens is 226 g/mol. The number of carboxylic acid groups (broad SMARTS) is 1. The van der Waals surface area contributed by atoms with Gasteiger partial charge in [0.1, 0.15) is 0 Å². The van der Waals surface area contributed by atoms with Crippen molar-refractivity contribution in [2.45, 2.75) is 11.7 Å². The Bertz CT molecular complexity index is 360. The minimum atomic E-state index is -4.77. The summed E-state index contributed by atoms with van der Waals surface area (Å²) >= 11 is 0. The summed E-state index contributed by atoms with van der Waals surface area (Å²) in [7, 11) is -4.77. The predicted octanol–water partition coefficient (Wildman–Crippen LogP) is -0.980. The van der Waals surface area contributed by atoms with E-state index in [4.69, 9.17) is 9.66 Å². The van der Waals surface area contributed by atoms with Crippen molar-refractivity contribution in [3.63, 3.8) is 0 Å². The molecule has 0 saturated carbocycles. The van der Waals surface area contributed by atoms with Gasteiger partial charge in [-0.15, -0.1) is 6.58 Å². The number of hydrogen-bond acceptors (Lipinski definition) is 4. The van der Waals surface area contributed by atoms with Gasteiger partial charge in [-0.2, -0.15) is 8.42 Å². The zero-order valence-corrected chi connectivity index (χ0v) is 8.53. The summed E-state index contributed by atoms with van der Waals surface area (Å²) in [6.07, 6.45) is 0.517. The summed E-state index contributed by atoms with van der Waals surface area (Å²) in [4.78, 5) is 21.4. The summed E-state index contributed by atoms with van der Waals surface area (Å²) < 4.78 is 29.6. The Balaban J connectivity index is 4.51. The zero-order chi connectivity index (χ0) is 12.1. The monoisotopic (exact) mass is 237 g/mol. The van der Waals surface area contributed by atoms with Gasteiger partial charge in [0.2, 0.25) is 5.91 Å². The lowest BCUT2D eigenvalue weighted by Crippen LogP contribution is -2.36. The molecule has 1 unspecified atom stereocenters. The van der Waals surface area contributed by atoms with Gasteiger partial charge in [-0.05, 0) is 0 Å². The molecule has 0 spiro atoms. The highest BCUT2D eigenvalue weighted by atomic mass is 32.2. The molecule has 0 aromatic rings. The van der Waals surface area contributed by atoms with Crippen LogP contribution in [0.4, 0.5) is 0 Å². The van der Waals surface area contributed by atoms with Crippen LogP contribution in [0, 0.1) is 0 Å². The lowest BCUT2D eigenvalue weighted by molar-refractivity contribution is -0.138. The SMILES string of the molecule is C=CCNC(=O)CC(C(=O)O)S(=O)(=O)O. The van der Waals surface area contributed by atoms with Crippen molar-refractivity contribution < 1.29 is 27.7 Å². The summed E-state index contributed by atoms with van der Waals surface area (Å²) in [5, 5.41) is 8.50. The van der Waals surface area contributed by atoms with Gasteiger partial charge in [-0.1, -0.05) is 6.08 Å². The van der Waals surface area contributed by atoms with E-state index in [1.54, 1.807) is 0 Å². The zero-order valence-electron chi connectivity index (χ0n) is 7.71. The first-order valence-corrected chi connectivity index (χ1v) is 5.36. The molecule has 15 heavy (non-hydrogen) atoms. The third-order valence-electron chi connectivity index (χ3n) is 1.45. The Kier molecular flexibility index (Phi) is 4.95. The molecule has 0 radical (unpaired) electrons. The second kappa shape index (κ2) is 5.47. The van der Waals surface area contributed by atoms with Crippen molar-refractivity contribution in [2.75, 3.05) is 6.54 Å².